The predicted octanol–water partition coefficient (Wildman–Crippen LogP) is 3.33. The van der Waals surface area contributed by atoms with Gasteiger partial charge in [0, 0.05) is 29.0 Å². The van der Waals surface area contributed by atoms with Crippen molar-refractivity contribution in [3.05, 3.63) is 46.8 Å². The molecule has 0 aliphatic heterocycles. The molecule has 1 aromatic heterocycles. The molecule has 21 heavy (non-hydrogen) atoms. The summed E-state index contributed by atoms with van der Waals surface area (Å²) in [6, 6.07) is 10.3. The average Bonchev–Trinajstić information content (AvgIpc) is 2.49. The number of benzene rings is 1. The lowest BCUT2D eigenvalue weighted by Crippen LogP contribution is -2.06. The zero-order chi connectivity index (χ0) is 15.1. The van der Waals surface area contributed by atoms with Crippen molar-refractivity contribution in [2.45, 2.75) is 6.42 Å². The Morgan fingerprint density at radius 1 is 1.24 bits per heavy atom. The van der Waals surface area contributed by atoms with E-state index in [1.54, 1.807) is 18.2 Å². The van der Waals surface area contributed by atoms with Crippen molar-refractivity contribution in [3.63, 3.8) is 0 Å². The predicted molar refractivity (Wildman–Crippen MR) is 87.1 cm³/mol. The maximum absolute atomic E-state index is 11.6. The minimum Gasteiger partial charge on any atom is -0.317 e. The van der Waals surface area contributed by atoms with E-state index in [0.717, 1.165) is 12.0 Å². The van der Waals surface area contributed by atoms with E-state index in [0.29, 0.717) is 23.0 Å². The number of amides is 1. The van der Waals surface area contributed by atoms with Gasteiger partial charge < -0.3 is 5.32 Å². The average molecular weight is 324 g/mol. The van der Waals surface area contributed by atoms with Crippen molar-refractivity contribution in [2.75, 3.05) is 16.9 Å². The first kappa shape index (κ1) is 15.6. The molecule has 2 rings (SSSR count). The van der Waals surface area contributed by atoms with Gasteiger partial charge in [0.15, 0.2) is 0 Å². The summed E-state index contributed by atoms with van der Waals surface area (Å²) < 4.78 is 0. The second-order valence-electron chi connectivity index (χ2n) is 4.19. The molecule has 1 aromatic carbocycles. The molecule has 0 bridgehead atoms. The fourth-order valence-corrected chi connectivity index (χ4v) is 2.56. The van der Waals surface area contributed by atoms with Crippen molar-refractivity contribution < 1.29 is 4.79 Å². The summed E-state index contributed by atoms with van der Waals surface area (Å²) >= 11 is 6.77. The van der Waals surface area contributed by atoms with Gasteiger partial charge in [0.05, 0.1) is 5.69 Å². The van der Waals surface area contributed by atoms with E-state index in [1.165, 1.54) is 17.8 Å². The van der Waals surface area contributed by atoms with Gasteiger partial charge in [-0.1, -0.05) is 23.9 Å². The Hall–Kier alpha value is -1.79. The third-order valence-corrected chi connectivity index (χ3v) is 3.74. The van der Waals surface area contributed by atoms with Gasteiger partial charge in [-0.3, -0.25) is 9.59 Å². The number of alkyl halides is 1. The summed E-state index contributed by atoms with van der Waals surface area (Å²) in [4.78, 5) is 22.6. The zero-order valence-corrected chi connectivity index (χ0v) is 12.7. The Bertz CT molecular complexity index is 638. The number of hydrogen-bond acceptors (Lipinski definition) is 4. The molecule has 110 valence electrons. The number of nitrogens with one attached hydrogen (secondary N) is 2. The van der Waals surface area contributed by atoms with Gasteiger partial charge in [-0.25, -0.2) is 5.10 Å². The molecular formula is C14H14ClN3O2S. The van der Waals surface area contributed by atoms with Gasteiger partial charge in [0.2, 0.25) is 0 Å². The third-order valence-electron chi connectivity index (χ3n) is 2.62. The van der Waals surface area contributed by atoms with E-state index in [4.69, 9.17) is 11.6 Å². The van der Waals surface area contributed by atoms with Crippen LogP contribution in [0.25, 0.3) is 11.3 Å². The second-order valence-corrected chi connectivity index (χ2v) is 5.63. The highest BCUT2D eigenvalue weighted by Gasteiger charge is 2.04. The van der Waals surface area contributed by atoms with Crippen molar-refractivity contribution in [1.29, 1.82) is 0 Å². The van der Waals surface area contributed by atoms with E-state index < -0.39 is 0 Å². The Labute approximate surface area is 131 Å². The fraction of sp³-hybridized carbons (Fsp3) is 0.214. The van der Waals surface area contributed by atoms with Crippen LogP contribution in [0.3, 0.4) is 0 Å². The number of aromatic nitrogens is 2. The van der Waals surface area contributed by atoms with Crippen LogP contribution in [0.4, 0.5) is 10.5 Å². The summed E-state index contributed by atoms with van der Waals surface area (Å²) in [5, 5.41) is 9.02. The number of halogens is 1. The monoisotopic (exact) mass is 323 g/mol. The summed E-state index contributed by atoms with van der Waals surface area (Å²) in [6.07, 6.45) is 0.802. The van der Waals surface area contributed by atoms with Crippen molar-refractivity contribution in [2.24, 2.45) is 0 Å². The van der Waals surface area contributed by atoms with Gasteiger partial charge >= 0.3 is 0 Å². The van der Waals surface area contributed by atoms with Crippen LogP contribution in [0.2, 0.25) is 0 Å². The molecule has 0 aliphatic rings. The molecule has 0 atom stereocenters. The smallest absolute Gasteiger partial charge is 0.283 e. The number of rotatable bonds is 5. The SMILES string of the molecule is O=C(Nc1ccc(-c2ccc(=O)[nH]n2)cc1)SCCCCl. The van der Waals surface area contributed by atoms with Crippen LogP contribution >= 0.6 is 23.4 Å². The quantitative estimate of drug-likeness (QED) is 0.653. The minimum absolute atomic E-state index is 0.102. The molecule has 2 N–H and O–H groups in total. The molecule has 0 radical (unpaired) electrons. The van der Waals surface area contributed by atoms with Crippen molar-refractivity contribution >= 4 is 34.3 Å². The molecule has 2 aromatic rings. The lowest BCUT2D eigenvalue weighted by atomic mass is 10.1. The second kappa shape index (κ2) is 7.85. The fourth-order valence-electron chi connectivity index (χ4n) is 1.60. The highest BCUT2D eigenvalue weighted by molar-refractivity contribution is 8.13. The molecule has 5 nitrogen and oxygen atoms in total. The van der Waals surface area contributed by atoms with E-state index in [9.17, 15) is 9.59 Å². The number of carbonyl (C=O) groups is 1. The van der Waals surface area contributed by atoms with Crippen LogP contribution in [-0.2, 0) is 0 Å². The standard InChI is InChI=1S/C14H14ClN3O2S/c15-8-1-9-21-14(20)16-11-4-2-10(3-5-11)12-6-7-13(19)18-17-12/h2-7H,1,8-9H2,(H,16,20)(H,18,19). The number of H-pyrrole nitrogens is 1. The number of carbonyl (C=O) groups excluding carboxylic acids is 1. The van der Waals surface area contributed by atoms with Gasteiger partial charge in [0.25, 0.3) is 10.8 Å². The molecule has 0 aliphatic carbocycles. The summed E-state index contributed by atoms with van der Waals surface area (Å²) in [6.45, 7) is 0. The molecule has 0 fully saturated rings. The van der Waals surface area contributed by atoms with E-state index in [2.05, 4.69) is 15.5 Å². The lowest BCUT2D eigenvalue weighted by Gasteiger charge is -2.05. The van der Waals surface area contributed by atoms with E-state index in [1.807, 2.05) is 12.1 Å². The summed E-state index contributed by atoms with van der Waals surface area (Å²) in [5.41, 5.74) is 2.01. The molecular weight excluding hydrogens is 310 g/mol. The molecule has 0 saturated heterocycles. The third kappa shape index (κ3) is 4.91. The maximum Gasteiger partial charge on any atom is 0.283 e. The highest BCUT2D eigenvalue weighted by Crippen LogP contribution is 2.19. The maximum atomic E-state index is 11.6. The Morgan fingerprint density at radius 2 is 2.00 bits per heavy atom. The van der Waals surface area contributed by atoms with Crippen LogP contribution in [-0.4, -0.2) is 27.1 Å². The van der Waals surface area contributed by atoms with Crippen molar-refractivity contribution in [3.8, 4) is 11.3 Å². The van der Waals surface area contributed by atoms with Gasteiger partial charge in [-0.2, -0.15) is 5.10 Å². The molecule has 0 saturated carbocycles. The first-order valence-electron chi connectivity index (χ1n) is 6.35. The highest BCUT2D eigenvalue weighted by atomic mass is 35.5. The Kier molecular flexibility index (Phi) is 5.83. The first-order valence-corrected chi connectivity index (χ1v) is 7.87. The van der Waals surface area contributed by atoms with Gasteiger partial charge in [-0.05, 0) is 24.6 Å². The zero-order valence-electron chi connectivity index (χ0n) is 11.1. The number of aromatic amines is 1. The van der Waals surface area contributed by atoms with Crippen molar-refractivity contribution in [1.82, 2.24) is 10.2 Å². The summed E-state index contributed by atoms with van der Waals surface area (Å²) in [5.74, 6) is 1.26. The number of hydrogen-bond donors (Lipinski definition) is 2. The number of nitrogens with zero attached hydrogens (tertiary/aromatic N) is 1. The topological polar surface area (TPSA) is 74.8 Å². The number of anilines is 1. The Balaban J connectivity index is 1.97. The van der Waals surface area contributed by atoms with Gasteiger partial charge in [0.1, 0.15) is 0 Å². The van der Waals surface area contributed by atoms with E-state index >= 15 is 0 Å². The van der Waals surface area contributed by atoms with Gasteiger partial charge in [-0.15, -0.1) is 11.6 Å². The first-order chi connectivity index (χ1) is 10.2. The molecule has 7 heteroatoms. The minimum atomic E-state index is -0.239. The number of thioether (sulfide) groups is 1. The molecule has 1 amide bonds. The van der Waals surface area contributed by atoms with Crippen LogP contribution in [0, 0.1) is 0 Å². The molecule has 0 unspecified atom stereocenters. The molecule has 0 spiro atoms. The largest absolute Gasteiger partial charge is 0.317 e. The van der Waals surface area contributed by atoms with Crippen LogP contribution in [0.15, 0.2) is 41.2 Å². The van der Waals surface area contributed by atoms with E-state index in [-0.39, 0.29) is 10.8 Å². The summed E-state index contributed by atoms with van der Waals surface area (Å²) in [7, 11) is 0. The lowest BCUT2D eigenvalue weighted by molar-refractivity contribution is 0.270. The van der Waals surface area contributed by atoms with Crippen LogP contribution in [0.5, 0.6) is 0 Å². The van der Waals surface area contributed by atoms with Crippen LogP contribution in [0.1, 0.15) is 6.42 Å². The normalized spacial score (nSPS) is 10.3. The molecule has 1 heterocycles. The Morgan fingerprint density at radius 3 is 2.62 bits per heavy atom. The van der Waals surface area contributed by atoms with Crippen LogP contribution < -0.4 is 10.9 Å².